The molecule has 0 bridgehead atoms. The fraction of sp³-hybridized carbons (Fsp3) is 0.636. The molecule has 2 amide bonds. The molecule has 2 aliphatic rings. The molecule has 0 saturated carbocycles. The van der Waals surface area contributed by atoms with Crippen LogP contribution in [-0.2, 0) is 9.59 Å². The fourth-order valence-electron chi connectivity index (χ4n) is 4.26. The van der Waals surface area contributed by atoms with Crippen molar-refractivity contribution < 1.29 is 9.59 Å². The van der Waals surface area contributed by atoms with Crippen LogP contribution in [-0.4, -0.2) is 60.4 Å². The molecule has 2 aliphatic heterocycles. The van der Waals surface area contributed by atoms with E-state index in [0.717, 1.165) is 26.1 Å². The Kier molecular flexibility index (Phi) is 5.89. The summed E-state index contributed by atoms with van der Waals surface area (Å²) in [5.41, 5.74) is 2.78. The summed E-state index contributed by atoms with van der Waals surface area (Å²) < 4.78 is 0. The van der Waals surface area contributed by atoms with Gasteiger partial charge in [-0.3, -0.25) is 14.5 Å². The van der Waals surface area contributed by atoms with Gasteiger partial charge in [-0.25, -0.2) is 0 Å². The number of aryl methyl sites for hydroxylation is 1. The van der Waals surface area contributed by atoms with Gasteiger partial charge in [-0.2, -0.15) is 0 Å². The number of nitrogens with zero attached hydrogens (tertiary/aromatic N) is 2. The van der Waals surface area contributed by atoms with Crippen LogP contribution < -0.4 is 5.32 Å². The summed E-state index contributed by atoms with van der Waals surface area (Å²) in [5.74, 6) is 0.476. The third-order valence-electron chi connectivity index (χ3n) is 5.70. The molecule has 2 heterocycles. The summed E-state index contributed by atoms with van der Waals surface area (Å²) in [4.78, 5) is 28.9. The number of rotatable bonds is 6. The predicted molar refractivity (Wildman–Crippen MR) is 108 cm³/mol. The van der Waals surface area contributed by atoms with Gasteiger partial charge in [-0.1, -0.05) is 50.6 Å². The first-order chi connectivity index (χ1) is 12.7. The largest absolute Gasteiger partial charge is 0.350 e. The van der Waals surface area contributed by atoms with Gasteiger partial charge < -0.3 is 10.2 Å². The second-order valence-electron chi connectivity index (χ2n) is 9.22. The van der Waals surface area contributed by atoms with Crippen molar-refractivity contribution >= 4 is 11.8 Å². The first-order valence-corrected chi connectivity index (χ1v) is 10.1. The zero-order valence-corrected chi connectivity index (χ0v) is 17.1. The SMILES string of the molecule is Cc1ccc(C(C)CC(=O)N2CCC(NC(=O)CN3CC(C)(C)C3)C2)cc1. The summed E-state index contributed by atoms with van der Waals surface area (Å²) >= 11 is 0. The Morgan fingerprint density at radius 2 is 1.89 bits per heavy atom. The lowest BCUT2D eigenvalue weighted by atomic mass is 9.84. The lowest BCUT2D eigenvalue weighted by Crippen LogP contribution is -2.56. The van der Waals surface area contributed by atoms with Crippen LogP contribution in [0.15, 0.2) is 24.3 Å². The molecule has 0 spiro atoms. The highest BCUT2D eigenvalue weighted by Crippen LogP contribution is 2.28. The maximum atomic E-state index is 12.6. The molecule has 1 N–H and O–H groups in total. The molecule has 0 aromatic heterocycles. The van der Waals surface area contributed by atoms with E-state index in [1.54, 1.807) is 0 Å². The van der Waals surface area contributed by atoms with Crippen LogP contribution in [0, 0.1) is 12.3 Å². The molecule has 1 aromatic carbocycles. The molecular weight excluding hydrogens is 338 g/mol. The number of carbonyl (C=O) groups excluding carboxylic acids is 2. The van der Waals surface area contributed by atoms with Gasteiger partial charge in [-0.15, -0.1) is 0 Å². The Morgan fingerprint density at radius 3 is 2.52 bits per heavy atom. The molecule has 1 aromatic rings. The predicted octanol–water partition coefficient (Wildman–Crippen LogP) is 2.55. The maximum absolute atomic E-state index is 12.6. The van der Waals surface area contributed by atoms with E-state index in [4.69, 9.17) is 0 Å². The van der Waals surface area contributed by atoms with Crippen LogP contribution in [0.3, 0.4) is 0 Å². The first kappa shape index (κ1) is 19.9. The minimum Gasteiger partial charge on any atom is -0.350 e. The molecule has 0 aliphatic carbocycles. The zero-order valence-electron chi connectivity index (χ0n) is 17.1. The number of benzene rings is 1. The third-order valence-corrected chi connectivity index (χ3v) is 5.70. The van der Waals surface area contributed by atoms with Crippen molar-refractivity contribution in [1.29, 1.82) is 0 Å². The number of carbonyl (C=O) groups is 2. The van der Waals surface area contributed by atoms with Gasteiger partial charge in [0.05, 0.1) is 6.54 Å². The maximum Gasteiger partial charge on any atom is 0.234 e. The molecule has 2 atom stereocenters. The molecule has 5 nitrogen and oxygen atoms in total. The summed E-state index contributed by atoms with van der Waals surface area (Å²) in [6, 6.07) is 8.49. The lowest BCUT2D eigenvalue weighted by Gasteiger charge is -2.45. The van der Waals surface area contributed by atoms with Crippen LogP contribution in [0.25, 0.3) is 0 Å². The van der Waals surface area contributed by atoms with Crippen molar-refractivity contribution in [2.24, 2.45) is 5.41 Å². The molecule has 2 saturated heterocycles. The standard InChI is InChI=1S/C22H33N3O2/c1-16-5-7-18(8-6-16)17(2)11-21(27)25-10-9-19(12-25)23-20(26)13-24-14-22(3,4)15-24/h5-8,17,19H,9-15H2,1-4H3,(H,23,26). The summed E-state index contributed by atoms with van der Waals surface area (Å²) in [6.45, 7) is 12.4. The topological polar surface area (TPSA) is 52.7 Å². The Hall–Kier alpha value is -1.88. The summed E-state index contributed by atoms with van der Waals surface area (Å²) in [5, 5.41) is 3.11. The summed E-state index contributed by atoms with van der Waals surface area (Å²) in [7, 11) is 0. The van der Waals surface area contributed by atoms with Crippen LogP contribution in [0.5, 0.6) is 0 Å². The van der Waals surface area contributed by atoms with Crippen LogP contribution in [0.2, 0.25) is 0 Å². The smallest absolute Gasteiger partial charge is 0.234 e. The average molecular weight is 372 g/mol. The Bertz CT molecular complexity index is 675. The van der Waals surface area contributed by atoms with Crippen LogP contribution in [0.1, 0.15) is 50.7 Å². The number of amides is 2. The van der Waals surface area contributed by atoms with Gasteiger partial charge >= 0.3 is 0 Å². The van der Waals surface area contributed by atoms with E-state index in [2.05, 4.69) is 62.2 Å². The highest BCUT2D eigenvalue weighted by molar-refractivity contribution is 5.79. The highest BCUT2D eigenvalue weighted by Gasteiger charge is 2.35. The van der Waals surface area contributed by atoms with E-state index in [9.17, 15) is 9.59 Å². The molecule has 0 radical (unpaired) electrons. The van der Waals surface area contributed by atoms with Crippen molar-refractivity contribution in [3.63, 3.8) is 0 Å². The molecule has 148 valence electrons. The highest BCUT2D eigenvalue weighted by atomic mass is 16.2. The fourth-order valence-corrected chi connectivity index (χ4v) is 4.26. The van der Waals surface area contributed by atoms with Crippen molar-refractivity contribution in [1.82, 2.24) is 15.1 Å². The van der Waals surface area contributed by atoms with Crippen molar-refractivity contribution in [2.75, 3.05) is 32.7 Å². The molecule has 27 heavy (non-hydrogen) atoms. The van der Waals surface area contributed by atoms with Crippen LogP contribution in [0.4, 0.5) is 0 Å². The van der Waals surface area contributed by atoms with E-state index >= 15 is 0 Å². The minimum absolute atomic E-state index is 0.0813. The number of nitrogens with one attached hydrogen (secondary N) is 1. The first-order valence-electron chi connectivity index (χ1n) is 10.1. The Balaban J connectivity index is 1.41. The van der Waals surface area contributed by atoms with Crippen LogP contribution >= 0.6 is 0 Å². The van der Waals surface area contributed by atoms with E-state index < -0.39 is 0 Å². The monoisotopic (exact) mass is 371 g/mol. The quantitative estimate of drug-likeness (QED) is 0.836. The second kappa shape index (κ2) is 8.01. The van der Waals surface area contributed by atoms with E-state index in [1.165, 1.54) is 11.1 Å². The van der Waals surface area contributed by atoms with Crippen molar-refractivity contribution in [3.05, 3.63) is 35.4 Å². The minimum atomic E-state index is 0.0813. The molecule has 3 rings (SSSR count). The van der Waals surface area contributed by atoms with Gasteiger partial charge in [-0.05, 0) is 30.2 Å². The lowest BCUT2D eigenvalue weighted by molar-refractivity contribution is -0.131. The normalized spacial score (nSPS) is 23.0. The molecule has 2 fully saturated rings. The average Bonchev–Trinajstić information content (AvgIpc) is 3.02. The molecular formula is C22H33N3O2. The number of hydrogen-bond donors (Lipinski definition) is 1. The van der Waals surface area contributed by atoms with Gasteiger partial charge in [0, 0.05) is 38.6 Å². The van der Waals surface area contributed by atoms with Gasteiger partial charge in [0.2, 0.25) is 11.8 Å². The van der Waals surface area contributed by atoms with Gasteiger partial charge in [0.15, 0.2) is 0 Å². The number of hydrogen-bond acceptors (Lipinski definition) is 3. The summed E-state index contributed by atoms with van der Waals surface area (Å²) in [6.07, 6.45) is 1.37. The van der Waals surface area contributed by atoms with E-state index in [-0.39, 0.29) is 23.8 Å². The molecule has 5 heteroatoms. The zero-order chi connectivity index (χ0) is 19.6. The number of likely N-dealkylation sites (tertiary alicyclic amines) is 2. The van der Waals surface area contributed by atoms with Crippen molar-refractivity contribution in [3.8, 4) is 0 Å². The van der Waals surface area contributed by atoms with E-state index in [1.807, 2.05) is 4.90 Å². The Morgan fingerprint density at radius 1 is 1.22 bits per heavy atom. The second-order valence-corrected chi connectivity index (χ2v) is 9.22. The van der Waals surface area contributed by atoms with Gasteiger partial charge in [0.25, 0.3) is 0 Å². The van der Waals surface area contributed by atoms with Crippen molar-refractivity contribution in [2.45, 2.75) is 52.5 Å². The molecule has 2 unspecified atom stereocenters. The van der Waals surface area contributed by atoms with E-state index in [0.29, 0.717) is 24.9 Å². The third kappa shape index (κ3) is 5.32. The van der Waals surface area contributed by atoms with Gasteiger partial charge in [0.1, 0.15) is 0 Å². The Labute approximate surface area is 163 Å².